The van der Waals surface area contributed by atoms with Crippen molar-refractivity contribution in [1.29, 1.82) is 0 Å². The number of nitrogens with one attached hydrogen (secondary N) is 1. The van der Waals surface area contributed by atoms with Crippen molar-refractivity contribution in [3.8, 4) is 11.5 Å². The van der Waals surface area contributed by atoms with Gasteiger partial charge in [0.2, 0.25) is 0 Å². The number of fused-ring (bicyclic) bond motifs is 1. The summed E-state index contributed by atoms with van der Waals surface area (Å²) < 4.78 is 6.82. The molecular formula is C17H18BrNO2. The highest BCUT2D eigenvalue weighted by Crippen LogP contribution is 2.33. The fourth-order valence-electron chi connectivity index (χ4n) is 2.70. The van der Waals surface area contributed by atoms with Crippen LogP contribution in [0.4, 0.5) is 0 Å². The predicted molar refractivity (Wildman–Crippen MR) is 86.7 cm³/mol. The van der Waals surface area contributed by atoms with Gasteiger partial charge in [-0.25, -0.2) is 0 Å². The third-order valence-corrected chi connectivity index (χ3v) is 4.29. The summed E-state index contributed by atoms with van der Waals surface area (Å²) >= 11 is 3.56. The number of phenolic OH excluding ortho intramolecular Hbond substituents is 1. The van der Waals surface area contributed by atoms with Gasteiger partial charge in [-0.05, 0) is 30.7 Å². The number of benzene rings is 2. The van der Waals surface area contributed by atoms with Crippen LogP contribution in [0, 0.1) is 0 Å². The van der Waals surface area contributed by atoms with Gasteiger partial charge in [-0.15, -0.1) is 0 Å². The minimum absolute atomic E-state index is 0.0715. The molecule has 0 spiro atoms. The van der Waals surface area contributed by atoms with E-state index in [4.69, 9.17) is 4.74 Å². The van der Waals surface area contributed by atoms with Crippen molar-refractivity contribution in [3.63, 3.8) is 0 Å². The van der Waals surface area contributed by atoms with Gasteiger partial charge in [0.25, 0.3) is 0 Å². The van der Waals surface area contributed by atoms with Crippen LogP contribution in [0.25, 0.3) is 0 Å². The Hall–Kier alpha value is -1.52. The molecule has 0 radical (unpaired) electrons. The van der Waals surface area contributed by atoms with E-state index in [1.165, 1.54) is 5.56 Å². The molecule has 21 heavy (non-hydrogen) atoms. The first-order valence-electron chi connectivity index (χ1n) is 7.10. The van der Waals surface area contributed by atoms with Gasteiger partial charge >= 0.3 is 0 Å². The van der Waals surface area contributed by atoms with E-state index in [1.54, 1.807) is 6.07 Å². The first kappa shape index (κ1) is 14.4. The van der Waals surface area contributed by atoms with Gasteiger partial charge < -0.3 is 15.2 Å². The third-order valence-electron chi connectivity index (χ3n) is 3.83. The smallest absolute Gasteiger partial charge is 0.127 e. The molecule has 1 atom stereocenters. The molecule has 2 aromatic rings. The summed E-state index contributed by atoms with van der Waals surface area (Å²) in [6.45, 7) is 3.51. The van der Waals surface area contributed by atoms with Gasteiger partial charge in [0.1, 0.15) is 11.5 Å². The fourth-order valence-corrected chi connectivity index (χ4v) is 3.26. The van der Waals surface area contributed by atoms with Gasteiger partial charge in [-0.2, -0.15) is 0 Å². The number of halogens is 1. The number of hydrogen-bond donors (Lipinski definition) is 2. The molecule has 0 fully saturated rings. The zero-order valence-corrected chi connectivity index (χ0v) is 13.5. The van der Waals surface area contributed by atoms with E-state index in [1.807, 2.05) is 25.1 Å². The molecule has 3 nitrogen and oxygen atoms in total. The molecule has 4 heteroatoms. The van der Waals surface area contributed by atoms with Crippen LogP contribution in [0.3, 0.4) is 0 Å². The Morgan fingerprint density at radius 3 is 2.95 bits per heavy atom. The lowest BCUT2D eigenvalue weighted by Crippen LogP contribution is -2.18. The number of para-hydroxylation sites is 1. The predicted octanol–water partition coefficient (Wildman–Crippen LogP) is 3.94. The fraction of sp³-hybridized carbons (Fsp3) is 0.294. The van der Waals surface area contributed by atoms with Gasteiger partial charge in [-0.1, -0.05) is 34.1 Å². The summed E-state index contributed by atoms with van der Waals surface area (Å²) in [6.07, 6.45) is 0.969. The van der Waals surface area contributed by atoms with Gasteiger partial charge in [0.15, 0.2) is 0 Å². The number of aromatic hydroxyl groups is 1. The van der Waals surface area contributed by atoms with Crippen molar-refractivity contribution in [1.82, 2.24) is 5.32 Å². The van der Waals surface area contributed by atoms with Crippen LogP contribution in [-0.4, -0.2) is 11.7 Å². The lowest BCUT2D eigenvalue weighted by molar-refractivity contribution is 0.351. The Bertz CT molecular complexity index is 657. The van der Waals surface area contributed by atoms with Crippen LogP contribution in [0.1, 0.15) is 29.7 Å². The van der Waals surface area contributed by atoms with E-state index >= 15 is 0 Å². The number of rotatable bonds is 4. The average molecular weight is 348 g/mol. The van der Waals surface area contributed by atoms with Crippen molar-refractivity contribution in [3.05, 3.63) is 57.6 Å². The summed E-state index contributed by atoms with van der Waals surface area (Å²) in [5.41, 5.74) is 3.32. The van der Waals surface area contributed by atoms with Crippen LogP contribution < -0.4 is 10.1 Å². The van der Waals surface area contributed by atoms with Gasteiger partial charge in [0.05, 0.1) is 6.61 Å². The maximum Gasteiger partial charge on any atom is 0.127 e. The lowest BCUT2D eigenvalue weighted by atomic mass is 10.1. The monoisotopic (exact) mass is 347 g/mol. The van der Waals surface area contributed by atoms with Crippen molar-refractivity contribution < 1.29 is 9.84 Å². The van der Waals surface area contributed by atoms with Crippen LogP contribution in [0.15, 0.2) is 40.9 Å². The number of ether oxygens (including phenoxy) is 1. The molecule has 2 N–H and O–H groups in total. The second-order valence-corrected chi connectivity index (χ2v) is 6.23. The normalized spacial score (nSPS) is 14.6. The summed E-state index contributed by atoms with van der Waals surface area (Å²) in [7, 11) is 0. The molecule has 1 aliphatic heterocycles. The summed E-state index contributed by atoms with van der Waals surface area (Å²) in [5.74, 6) is 1.34. The highest BCUT2D eigenvalue weighted by molar-refractivity contribution is 9.10. The molecule has 0 saturated carbocycles. The molecule has 110 valence electrons. The summed E-state index contributed by atoms with van der Waals surface area (Å²) in [4.78, 5) is 0. The van der Waals surface area contributed by atoms with E-state index in [-0.39, 0.29) is 6.04 Å². The molecular weight excluding hydrogens is 330 g/mol. The molecule has 2 aromatic carbocycles. The third kappa shape index (κ3) is 3.06. The molecule has 0 aliphatic carbocycles. The first-order valence-corrected chi connectivity index (χ1v) is 7.90. The van der Waals surface area contributed by atoms with Crippen molar-refractivity contribution in [2.75, 3.05) is 6.61 Å². The second-order valence-electron chi connectivity index (χ2n) is 5.31. The Balaban J connectivity index is 1.75. The first-order chi connectivity index (χ1) is 10.1. The molecule has 3 rings (SSSR count). The van der Waals surface area contributed by atoms with E-state index in [0.29, 0.717) is 12.3 Å². The van der Waals surface area contributed by atoms with Crippen molar-refractivity contribution in [2.24, 2.45) is 0 Å². The molecule has 1 heterocycles. The van der Waals surface area contributed by atoms with E-state index in [9.17, 15) is 5.11 Å². The Labute approximate surface area is 133 Å². The largest absolute Gasteiger partial charge is 0.508 e. The molecule has 0 aromatic heterocycles. The Kier molecular flexibility index (Phi) is 4.17. The maximum atomic E-state index is 9.90. The van der Waals surface area contributed by atoms with Crippen LogP contribution >= 0.6 is 15.9 Å². The molecule has 1 aliphatic rings. The summed E-state index contributed by atoms with van der Waals surface area (Å²) in [6, 6.07) is 11.7. The zero-order valence-electron chi connectivity index (χ0n) is 11.9. The van der Waals surface area contributed by atoms with E-state index in [0.717, 1.165) is 34.4 Å². The summed E-state index contributed by atoms with van der Waals surface area (Å²) in [5, 5.41) is 13.4. The highest BCUT2D eigenvalue weighted by atomic mass is 79.9. The Morgan fingerprint density at radius 2 is 2.14 bits per heavy atom. The van der Waals surface area contributed by atoms with Crippen molar-refractivity contribution in [2.45, 2.75) is 25.9 Å². The number of phenols is 1. The van der Waals surface area contributed by atoms with E-state index in [2.05, 4.69) is 33.4 Å². The lowest BCUT2D eigenvalue weighted by Gasteiger charge is -2.17. The average Bonchev–Trinajstić information content (AvgIpc) is 2.93. The van der Waals surface area contributed by atoms with Crippen LogP contribution in [0.5, 0.6) is 11.5 Å². The van der Waals surface area contributed by atoms with Gasteiger partial charge in [-0.3, -0.25) is 0 Å². The molecule has 0 amide bonds. The molecule has 0 bridgehead atoms. The quantitative estimate of drug-likeness (QED) is 0.879. The highest BCUT2D eigenvalue weighted by Gasteiger charge is 2.18. The molecule has 0 saturated heterocycles. The van der Waals surface area contributed by atoms with Crippen LogP contribution in [-0.2, 0) is 13.0 Å². The number of hydrogen-bond acceptors (Lipinski definition) is 3. The Morgan fingerprint density at radius 1 is 1.33 bits per heavy atom. The van der Waals surface area contributed by atoms with Crippen LogP contribution in [0.2, 0.25) is 0 Å². The topological polar surface area (TPSA) is 41.5 Å². The van der Waals surface area contributed by atoms with E-state index < -0.39 is 0 Å². The minimum atomic E-state index is 0.0715. The maximum absolute atomic E-state index is 9.90. The van der Waals surface area contributed by atoms with Gasteiger partial charge in [0, 0.05) is 34.6 Å². The minimum Gasteiger partial charge on any atom is -0.508 e. The zero-order chi connectivity index (χ0) is 14.8. The standard InChI is InChI=1S/C17H18BrNO2/c1-11(15-4-2-3-5-16(15)20)19-10-13-9-14(18)8-12-6-7-21-17(12)13/h2-5,8-9,11,19-20H,6-7,10H2,1H3. The SMILES string of the molecule is CC(NCc1cc(Br)cc2c1OCC2)c1ccccc1O. The molecule has 1 unspecified atom stereocenters. The van der Waals surface area contributed by atoms with Crippen molar-refractivity contribution >= 4 is 15.9 Å². The second kappa shape index (κ2) is 6.08.